The molecular weight excluding hydrogens is 299 g/mol. The Bertz CT molecular complexity index is 662. The molecule has 20 heavy (non-hydrogen) atoms. The minimum absolute atomic E-state index is 0.283. The monoisotopic (exact) mass is 304 g/mol. The maximum Gasteiger partial charge on any atom is 0.200 e. The van der Waals surface area contributed by atoms with Crippen LogP contribution in [0.15, 0.2) is 23.6 Å². The zero-order chi connectivity index (χ0) is 14.9. The average Bonchev–Trinajstić information content (AvgIpc) is 2.97. The number of hydrogen-bond acceptors (Lipinski definition) is 2. The van der Waals surface area contributed by atoms with E-state index in [4.69, 9.17) is 0 Å². The number of halogens is 5. The second kappa shape index (κ2) is 5.54. The van der Waals surface area contributed by atoms with Gasteiger partial charge in [-0.15, -0.1) is 11.3 Å². The van der Waals surface area contributed by atoms with Crippen LogP contribution in [0.5, 0.6) is 0 Å². The highest BCUT2D eigenvalue weighted by molar-refractivity contribution is 7.12. The molecule has 0 aliphatic carbocycles. The third-order valence-electron chi connectivity index (χ3n) is 2.41. The topological polar surface area (TPSA) is 17.1 Å². The normalized spacial score (nSPS) is 11.2. The summed E-state index contributed by atoms with van der Waals surface area (Å²) in [6.45, 7) is 0. The molecule has 1 heterocycles. The van der Waals surface area contributed by atoms with E-state index in [0.717, 1.165) is 17.4 Å². The van der Waals surface area contributed by atoms with Gasteiger partial charge in [-0.1, -0.05) is 6.07 Å². The van der Waals surface area contributed by atoms with Crippen molar-refractivity contribution in [3.63, 3.8) is 0 Å². The molecule has 0 unspecified atom stereocenters. The zero-order valence-corrected chi connectivity index (χ0v) is 10.4. The van der Waals surface area contributed by atoms with Gasteiger partial charge in [-0.2, -0.15) is 0 Å². The molecule has 0 aliphatic rings. The number of benzene rings is 1. The van der Waals surface area contributed by atoms with Crippen molar-refractivity contribution in [2.24, 2.45) is 0 Å². The molecule has 0 spiro atoms. The maximum atomic E-state index is 13.3. The Morgan fingerprint density at radius 3 is 2.00 bits per heavy atom. The SMILES string of the molecule is O=C(/C=C/c1c(F)c(F)c(F)c(F)c1F)c1cccs1. The van der Waals surface area contributed by atoms with Crippen molar-refractivity contribution in [2.75, 3.05) is 0 Å². The summed E-state index contributed by atoms with van der Waals surface area (Å²) in [5, 5.41) is 1.61. The summed E-state index contributed by atoms with van der Waals surface area (Å²) >= 11 is 1.09. The van der Waals surface area contributed by atoms with E-state index >= 15 is 0 Å². The van der Waals surface area contributed by atoms with Crippen LogP contribution in [0.25, 0.3) is 6.08 Å². The number of carbonyl (C=O) groups is 1. The Balaban J connectivity index is 2.42. The molecule has 104 valence electrons. The van der Waals surface area contributed by atoms with Crippen molar-refractivity contribution in [3.8, 4) is 0 Å². The van der Waals surface area contributed by atoms with E-state index in [2.05, 4.69) is 0 Å². The van der Waals surface area contributed by atoms with Crippen molar-refractivity contribution < 1.29 is 26.7 Å². The van der Waals surface area contributed by atoms with Gasteiger partial charge in [0, 0.05) is 0 Å². The predicted octanol–water partition coefficient (Wildman–Crippen LogP) is 4.34. The molecule has 2 aromatic rings. The molecule has 0 saturated heterocycles. The van der Waals surface area contributed by atoms with E-state index < -0.39 is 40.4 Å². The highest BCUT2D eigenvalue weighted by atomic mass is 32.1. The Kier molecular flexibility index (Phi) is 3.99. The molecule has 0 fully saturated rings. The van der Waals surface area contributed by atoms with Gasteiger partial charge in [0.25, 0.3) is 0 Å². The number of carbonyl (C=O) groups excluding carboxylic acids is 1. The van der Waals surface area contributed by atoms with Gasteiger partial charge >= 0.3 is 0 Å². The fourth-order valence-electron chi connectivity index (χ4n) is 1.43. The Hall–Kier alpha value is -2.02. The molecule has 0 N–H and O–H groups in total. The molecule has 0 atom stereocenters. The first-order valence-corrected chi connectivity index (χ1v) is 6.08. The van der Waals surface area contributed by atoms with Crippen LogP contribution in [0.2, 0.25) is 0 Å². The molecule has 0 saturated carbocycles. The molecule has 1 aromatic carbocycles. The largest absolute Gasteiger partial charge is 0.288 e. The van der Waals surface area contributed by atoms with Crippen LogP contribution >= 0.6 is 11.3 Å². The van der Waals surface area contributed by atoms with Crippen LogP contribution in [0.1, 0.15) is 15.2 Å². The lowest BCUT2D eigenvalue weighted by Crippen LogP contribution is -2.04. The summed E-state index contributed by atoms with van der Waals surface area (Å²) in [6, 6.07) is 3.06. The molecule has 0 bridgehead atoms. The first-order valence-electron chi connectivity index (χ1n) is 5.20. The van der Waals surface area contributed by atoms with Crippen LogP contribution < -0.4 is 0 Å². The van der Waals surface area contributed by atoms with Crippen molar-refractivity contribution in [1.82, 2.24) is 0 Å². The molecule has 1 aromatic heterocycles. The van der Waals surface area contributed by atoms with Crippen LogP contribution in [-0.2, 0) is 0 Å². The summed E-state index contributed by atoms with van der Waals surface area (Å²) in [4.78, 5) is 11.8. The highest BCUT2D eigenvalue weighted by Crippen LogP contribution is 2.24. The minimum atomic E-state index is -2.23. The van der Waals surface area contributed by atoms with Gasteiger partial charge in [-0.25, -0.2) is 22.0 Å². The fraction of sp³-hybridized carbons (Fsp3) is 0. The van der Waals surface area contributed by atoms with Crippen molar-refractivity contribution >= 4 is 23.2 Å². The van der Waals surface area contributed by atoms with E-state index in [1.807, 2.05) is 0 Å². The second-order valence-electron chi connectivity index (χ2n) is 3.66. The van der Waals surface area contributed by atoms with E-state index in [9.17, 15) is 26.7 Å². The summed E-state index contributed by atoms with van der Waals surface area (Å²) in [6.07, 6.45) is 1.32. The molecule has 0 radical (unpaired) electrons. The van der Waals surface area contributed by atoms with Crippen LogP contribution in [0.3, 0.4) is 0 Å². The van der Waals surface area contributed by atoms with Crippen LogP contribution in [-0.4, -0.2) is 5.78 Å². The lowest BCUT2D eigenvalue weighted by Gasteiger charge is -2.03. The van der Waals surface area contributed by atoms with Gasteiger partial charge in [0.1, 0.15) is 0 Å². The third-order valence-corrected chi connectivity index (χ3v) is 3.29. The molecule has 2 rings (SSSR count). The molecule has 7 heteroatoms. The van der Waals surface area contributed by atoms with E-state index in [1.165, 1.54) is 6.07 Å². The average molecular weight is 304 g/mol. The number of thiophene rings is 1. The third kappa shape index (κ3) is 2.49. The van der Waals surface area contributed by atoms with Crippen LogP contribution in [0, 0.1) is 29.1 Å². The van der Waals surface area contributed by atoms with Gasteiger partial charge in [-0.05, 0) is 23.6 Å². The summed E-state index contributed by atoms with van der Waals surface area (Å²) in [5.74, 6) is -10.9. The lowest BCUT2D eigenvalue weighted by atomic mass is 10.1. The van der Waals surface area contributed by atoms with E-state index in [0.29, 0.717) is 6.08 Å². The Morgan fingerprint density at radius 2 is 1.50 bits per heavy atom. The smallest absolute Gasteiger partial charge is 0.200 e. The summed E-state index contributed by atoms with van der Waals surface area (Å²) in [5.41, 5.74) is -1.15. The molecule has 0 amide bonds. The van der Waals surface area contributed by atoms with Crippen LogP contribution in [0.4, 0.5) is 22.0 Å². The number of ketones is 1. The van der Waals surface area contributed by atoms with Gasteiger partial charge in [0.15, 0.2) is 29.1 Å². The van der Waals surface area contributed by atoms with Gasteiger partial charge in [0.2, 0.25) is 5.82 Å². The predicted molar refractivity (Wildman–Crippen MR) is 63.9 cm³/mol. The zero-order valence-electron chi connectivity index (χ0n) is 9.59. The molecule has 1 nitrogen and oxygen atoms in total. The van der Waals surface area contributed by atoms with Gasteiger partial charge in [0.05, 0.1) is 10.4 Å². The van der Waals surface area contributed by atoms with Gasteiger partial charge in [-0.3, -0.25) is 4.79 Å². The number of rotatable bonds is 3. The first kappa shape index (κ1) is 14.4. The van der Waals surface area contributed by atoms with Gasteiger partial charge < -0.3 is 0 Å². The maximum absolute atomic E-state index is 13.3. The standard InChI is InChI=1S/C13H5F5OS/c14-9-6(10(15)12(17)13(18)11(9)16)3-4-7(19)8-2-1-5-20-8/h1-5H/b4-3+. The van der Waals surface area contributed by atoms with Crippen molar-refractivity contribution in [1.29, 1.82) is 0 Å². The summed E-state index contributed by atoms with van der Waals surface area (Å²) in [7, 11) is 0. The number of allylic oxidation sites excluding steroid dienone is 1. The highest BCUT2D eigenvalue weighted by Gasteiger charge is 2.24. The summed E-state index contributed by atoms with van der Waals surface area (Å²) < 4.78 is 65.3. The first-order chi connectivity index (χ1) is 9.43. The second-order valence-corrected chi connectivity index (χ2v) is 4.61. The minimum Gasteiger partial charge on any atom is -0.288 e. The Labute approximate surface area is 114 Å². The molecular formula is C13H5F5OS. The Morgan fingerprint density at radius 1 is 0.950 bits per heavy atom. The number of hydrogen-bond donors (Lipinski definition) is 0. The molecule has 0 aliphatic heterocycles. The van der Waals surface area contributed by atoms with E-state index in [-0.39, 0.29) is 4.88 Å². The van der Waals surface area contributed by atoms with Crippen molar-refractivity contribution in [2.45, 2.75) is 0 Å². The lowest BCUT2D eigenvalue weighted by molar-refractivity contribution is 0.105. The van der Waals surface area contributed by atoms with Crippen molar-refractivity contribution in [3.05, 3.63) is 63.1 Å². The fourth-order valence-corrected chi connectivity index (χ4v) is 2.07. The quantitative estimate of drug-likeness (QED) is 0.271. The van der Waals surface area contributed by atoms with E-state index in [1.54, 1.807) is 11.4 Å².